The van der Waals surface area contributed by atoms with E-state index in [1.807, 2.05) is 24.3 Å². The summed E-state index contributed by atoms with van der Waals surface area (Å²) >= 11 is 0. The third-order valence-electron chi connectivity index (χ3n) is 5.03. The Bertz CT molecular complexity index is 500. The van der Waals surface area contributed by atoms with Crippen molar-refractivity contribution in [3.8, 4) is 5.75 Å². The van der Waals surface area contributed by atoms with Crippen LogP contribution in [0, 0.1) is 11.8 Å². The average molecular weight is 288 g/mol. The van der Waals surface area contributed by atoms with Crippen molar-refractivity contribution in [2.45, 2.75) is 32.2 Å². The Morgan fingerprint density at radius 1 is 1.33 bits per heavy atom. The molecule has 2 fully saturated rings. The summed E-state index contributed by atoms with van der Waals surface area (Å²) in [5.41, 5.74) is 0.893. The van der Waals surface area contributed by atoms with E-state index in [-0.39, 0.29) is 5.91 Å². The molecule has 1 aliphatic carbocycles. The van der Waals surface area contributed by atoms with Gasteiger partial charge in [0, 0.05) is 25.7 Å². The van der Waals surface area contributed by atoms with Gasteiger partial charge in [0.15, 0.2) is 0 Å². The van der Waals surface area contributed by atoms with E-state index in [0.29, 0.717) is 6.04 Å². The first-order chi connectivity index (χ1) is 10.1. The van der Waals surface area contributed by atoms with Crippen LogP contribution in [0.2, 0.25) is 0 Å². The van der Waals surface area contributed by atoms with Crippen molar-refractivity contribution in [2.75, 3.05) is 25.1 Å². The molecule has 1 aromatic carbocycles. The molecular formula is C17H24N2O2. The molecule has 0 spiro atoms. The largest absolute Gasteiger partial charge is 0.494 e. The molecule has 1 N–H and O–H groups in total. The van der Waals surface area contributed by atoms with Gasteiger partial charge in [0.05, 0.1) is 6.61 Å². The van der Waals surface area contributed by atoms with Crippen LogP contribution in [0.1, 0.15) is 26.2 Å². The highest BCUT2D eigenvalue weighted by molar-refractivity contribution is 5.90. The van der Waals surface area contributed by atoms with Crippen LogP contribution in [-0.4, -0.2) is 32.1 Å². The summed E-state index contributed by atoms with van der Waals surface area (Å²) in [5, 5.41) is 3.62. The van der Waals surface area contributed by atoms with Crippen molar-refractivity contribution >= 4 is 11.6 Å². The lowest BCUT2D eigenvalue weighted by Gasteiger charge is -2.32. The maximum absolute atomic E-state index is 11.3. The predicted octanol–water partition coefficient (Wildman–Crippen LogP) is 2.44. The topological polar surface area (TPSA) is 41.6 Å². The molecule has 3 atom stereocenters. The van der Waals surface area contributed by atoms with Crippen molar-refractivity contribution in [1.29, 1.82) is 0 Å². The van der Waals surface area contributed by atoms with Crippen LogP contribution in [0.15, 0.2) is 24.3 Å². The summed E-state index contributed by atoms with van der Waals surface area (Å²) in [7, 11) is 1.78. The van der Waals surface area contributed by atoms with E-state index >= 15 is 0 Å². The van der Waals surface area contributed by atoms with Crippen LogP contribution in [-0.2, 0) is 4.79 Å². The van der Waals surface area contributed by atoms with Crippen LogP contribution < -0.4 is 15.0 Å². The predicted molar refractivity (Wildman–Crippen MR) is 83.6 cm³/mol. The number of carbonyl (C=O) groups excluding carboxylic acids is 1. The quantitative estimate of drug-likeness (QED) is 0.905. The molecule has 3 rings (SSSR count). The molecule has 1 aliphatic heterocycles. The number of fused-ring (bicyclic) bond motifs is 1. The highest BCUT2D eigenvalue weighted by Gasteiger charge is 2.41. The SMILES string of the molecule is CC(=O)N(C)c1ccc(OCCC2NC[C@H]3CC[C@@H]23)cc1. The second-order valence-corrected chi connectivity index (χ2v) is 6.23. The number of hydrogen-bond acceptors (Lipinski definition) is 3. The third kappa shape index (κ3) is 3.05. The Labute approximate surface area is 126 Å². The lowest BCUT2D eigenvalue weighted by Crippen LogP contribution is -2.32. The first-order valence-corrected chi connectivity index (χ1v) is 7.85. The van der Waals surface area contributed by atoms with Gasteiger partial charge in [0.2, 0.25) is 5.91 Å². The molecule has 0 aromatic heterocycles. The number of benzene rings is 1. The second kappa shape index (κ2) is 6.06. The second-order valence-electron chi connectivity index (χ2n) is 6.23. The lowest BCUT2D eigenvalue weighted by atomic mass is 9.72. The molecule has 1 heterocycles. The molecule has 4 nitrogen and oxygen atoms in total. The van der Waals surface area contributed by atoms with Gasteiger partial charge in [-0.3, -0.25) is 4.79 Å². The Balaban J connectivity index is 1.46. The molecule has 21 heavy (non-hydrogen) atoms. The fourth-order valence-electron chi connectivity index (χ4n) is 3.40. The molecule has 1 saturated carbocycles. The molecule has 0 radical (unpaired) electrons. The number of amides is 1. The zero-order chi connectivity index (χ0) is 14.8. The first kappa shape index (κ1) is 14.4. The number of carbonyl (C=O) groups is 1. The van der Waals surface area contributed by atoms with Crippen LogP contribution in [0.4, 0.5) is 5.69 Å². The highest BCUT2D eigenvalue weighted by atomic mass is 16.5. The molecule has 4 heteroatoms. The van der Waals surface area contributed by atoms with E-state index in [1.165, 1.54) is 19.4 Å². The van der Waals surface area contributed by atoms with Gasteiger partial charge in [0.25, 0.3) is 0 Å². The standard InChI is InChI=1S/C17H24N2O2/c1-12(20)19(2)14-4-6-15(7-5-14)21-10-9-17-16-8-3-13(16)11-18-17/h4-7,13,16-18H,3,8-11H2,1-2H3/t13-,16-,17?/m1/s1. The minimum absolute atomic E-state index is 0.0334. The van der Waals surface area contributed by atoms with Gasteiger partial charge in [-0.1, -0.05) is 0 Å². The third-order valence-corrected chi connectivity index (χ3v) is 5.03. The van der Waals surface area contributed by atoms with E-state index in [2.05, 4.69) is 5.32 Å². The Morgan fingerprint density at radius 3 is 2.67 bits per heavy atom. The van der Waals surface area contributed by atoms with E-state index in [0.717, 1.165) is 36.3 Å². The minimum Gasteiger partial charge on any atom is -0.494 e. The summed E-state index contributed by atoms with van der Waals surface area (Å²) < 4.78 is 5.83. The molecule has 1 unspecified atom stereocenters. The van der Waals surface area contributed by atoms with E-state index in [1.54, 1.807) is 18.9 Å². The van der Waals surface area contributed by atoms with Crippen LogP contribution >= 0.6 is 0 Å². The summed E-state index contributed by atoms with van der Waals surface area (Å²) in [6.07, 6.45) is 3.87. The molecule has 2 aliphatic rings. The number of anilines is 1. The van der Waals surface area contributed by atoms with Gasteiger partial charge in [0.1, 0.15) is 5.75 Å². The van der Waals surface area contributed by atoms with Crippen molar-refractivity contribution in [3.05, 3.63) is 24.3 Å². The number of rotatable bonds is 5. The summed E-state index contributed by atoms with van der Waals surface area (Å²) in [6.45, 7) is 3.51. The number of ether oxygens (including phenoxy) is 1. The van der Waals surface area contributed by atoms with Crippen molar-refractivity contribution in [2.24, 2.45) is 11.8 Å². The monoisotopic (exact) mass is 288 g/mol. The fourth-order valence-corrected chi connectivity index (χ4v) is 3.40. The number of hydrogen-bond donors (Lipinski definition) is 1. The normalized spacial score (nSPS) is 26.9. The fraction of sp³-hybridized carbons (Fsp3) is 0.588. The van der Waals surface area contributed by atoms with Crippen molar-refractivity contribution < 1.29 is 9.53 Å². The average Bonchev–Trinajstić information content (AvgIpc) is 2.72. The summed E-state index contributed by atoms with van der Waals surface area (Å²) in [6, 6.07) is 8.36. The molecule has 114 valence electrons. The highest BCUT2D eigenvalue weighted by Crippen LogP contribution is 2.41. The summed E-state index contributed by atoms with van der Waals surface area (Å²) in [4.78, 5) is 12.9. The van der Waals surface area contributed by atoms with Gasteiger partial charge in [-0.2, -0.15) is 0 Å². The van der Waals surface area contributed by atoms with Crippen LogP contribution in [0.3, 0.4) is 0 Å². The lowest BCUT2D eigenvalue weighted by molar-refractivity contribution is -0.116. The Morgan fingerprint density at radius 2 is 2.10 bits per heavy atom. The Kier molecular flexibility index (Phi) is 4.15. The molecule has 0 bridgehead atoms. The smallest absolute Gasteiger partial charge is 0.223 e. The maximum atomic E-state index is 11.3. The minimum atomic E-state index is 0.0334. The van der Waals surface area contributed by atoms with Gasteiger partial charge >= 0.3 is 0 Å². The van der Waals surface area contributed by atoms with E-state index in [9.17, 15) is 4.79 Å². The Hall–Kier alpha value is -1.55. The first-order valence-electron chi connectivity index (χ1n) is 7.85. The molecule has 1 amide bonds. The van der Waals surface area contributed by atoms with Crippen molar-refractivity contribution in [3.63, 3.8) is 0 Å². The zero-order valence-electron chi connectivity index (χ0n) is 12.8. The van der Waals surface area contributed by atoms with Gasteiger partial charge in [-0.05, 0) is 61.9 Å². The van der Waals surface area contributed by atoms with E-state index < -0.39 is 0 Å². The van der Waals surface area contributed by atoms with Gasteiger partial charge < -0.3 is 15.0 Å². The van der Waals surface area contributed by atoms with Gasteiger partial charge in [-0.25, -0.2) is 0 Å². The number of nitrogens with zero attached hydrogens (tertiary/aromatic N) is 1. The zero-order valence-corrected chi connectivity index (χ0v) is 12.8. The van der Waals surface area contributed by atoms with E-state index in [4.69, 9.17) is 4.74 Å². The molecular weight excluding hydrogens is 264 g/mol. The maximum Gasteiger partial charge on any atom is 0.223 e. The van der Waals surface area contributed by atoms with Crippen LogP contribution in [0.5, 0.6) is 5.75 Å². The molecule has 1 aromatic rings. The summed E-state index contributed by atoms with van der Waals surface area (Å²) in [5.74, 6) is 2.72. The molecule has 1 saturated heterocycles. The number of nitrogens with one attached hydrogen (secondary N) is 1. The van der Waals surface area contributed by atoms with Crippen molar-refractivity contribution in [1.82, 2.24) is 5.32 Å². The van der Waals surface area contributed by atoms with Gasteiger partial charge in [-0.15, -0.1) is 0 Å². The van der Waals surface area contributed by atoms with Crippen LogP contribution in [0.25, 0.3) is 0 Å².